The van der Waals surface area contributed by atoms with Crippen LogP contribution in [0.3, 0.4) is 0 Å². The molecule has 1 N–H and O–H groups in total. The van der Waals surface area contributed by atoms with Crippen molar-refractivity contribution in [1.82, 2.24) is 15.2 Å². The molecule has 0 radical (unpaired) electrons. The average Bonchev–Trinajstić information content (AvgIpc) is 3.07. The molecule has 3 rings (SSSR count). The van der Waals surface area contributed by atoms with E-state index in [2.05, 4.69) is 48.2 Å². The number of aromatic nitrogens is 1. The fraction of sp³-hybridized carbons (Fsp3) is 0.444. The first-order chi connectivity index (χ1) is 11.6. The number of hydrogen-bond donors (Lipinski definition) is 1. The van der Waals surface area contributed by atoms with Gasteiger partial charge in [0.1, 0.15) is 5.01 Å². The van der Waals surface area contributed by atoms with Gasteiger partial charge in [-0.2, -0.15) is 0 Å². The lowest BCUT2D eigenvalue weighted by Crippen LogP contribution is -2.47. The van der Waals surface area contributed by atoms with E-state index in [1.807, 2.05) is 22.4 Å². The molecule has 2 heterocycles. The number of carbonyl (C=O) groups excluding carboxylic acids is 1. The lowest BCUT2D eigenvalue weighted by molar-refractivity contribution is 0.174. The van der Waals surface area contributed by atoms with E-state index in [4.69, 9.17) is 0 Å². The van der Waals surface area contributed by atoms with Crippen LogP contribution in [0.1, 0.15) is 36.9 Å². The van der Waals surface area contributed by atoms with Crippen molar-refractivity contribution in [3.05, 3.63) is 46.4 Å². The van der Waals surface area contributed by atoms with E-state index in [0.29, 0.717) is 6.54 Å². The molecular weight excluding hydrogens is 320 g/mol. The second kappa shape index (κ2) is 7.21. The smallest absolute Gasteiger partial charge is 0.318 e. The highest BCUT2D eigenvalue weighted by Crippen LogP contribution is 2.27. The van der Waals surface area contributed by atoms with Crippen molar-refractivity contribution < 1.29 is 4.79 Å². The summed E-state index contributed by atoms with van der Waals surface area (Å²) in [6.07, 6.45) is 2.62. The Morgan fingerprint density at radius 1 is 1.46 bits per heavy atom. The van der Waals surface area contributed by atoms with Crippen molar-refractivity contribution in [3.63, 3.8) is 0 Å². The number of rotatable bonds is 3. The molecule has 1 aromatic heterocycles. The Kier molecular flexibility index (Phi) is 5.04. The summed E-state index contributed by atoms with van der Waals surface area (Å²) < 4.78 is 0. The van der Waals surface area contributed by atoms with Gasteiger partial charge in [-0.1, -0.05) is 25.1 Å². The number of nitrogens with zero attached hydrogens (tertiary/aromatic N) is 3. The zero-order valence-corrected chi connectivity index (χ0v) is 15.2. The minimum absolute atomic E-state index is 0.0188. The number of fused-ring (bicyclic) bond motifs is 1. The zero-order chi connectivity index (χ0) is 17.1. The number of amides is 2. The topological polar surface area (TPSA) is 48.5 Å². The van der Waals surface area contributed by atoms with Gasteiger partial charge < -0.3 is 15.1 Å². The molecule has 128 valence electrons. The number of urea groups is 1. The van der Waals surface area contributed by atoms with Gasteiger partial charge in [-0.3, -0.25) is 0 Å². The van der Waals surface area contributed by atoms with E-state index in [9.17, 15) is 4.79 Å². The van der Waals surface area contributed by atoms with Gasteiger partial charge in [0.15, 0.2) is 0 Å². The molecule has 2 atom stereocenters. The molecule has 24 heavy (non-hydrogen) atoms. The largest absolute Gasteiger partial charge is 0.372 e. The molecule has 2 aromatic rings. The Labute approximate surface area is 147 Å². The van der Waals surface area contributed by atoms with Gasteiger partial charge in [0.25, 0.3) is 0 Å². The van der Waals surface area contributed by atoms with Crippen LogP contribution in [0.2, 0.25) is 0 Å². The Hall–Kier alpha value is -2.08. The average molecular weight is 344 g/mol. The molecule has 1 aliphatic heterocycles. The number of anilines is 1. The highest BCUT2D eigenvalue weighted by atomic mass is 32.1. The predicted molar refractivity (Wildman–Crippen MR) is 98.4 cm³/mol. The second-order valence-electron chi connectivity index (χ2n) is 6.27. The Bertz CT molecular complexity index is 688. The highest BCUT2D eigenvalue weighted by Gasteiger charge is 2.28. The Morgan fingerprint density at radius 3 is 2.96 bits per heavy atom. The molecular formula is C18H24N4OS. The number of para-hydroxylation sites is 1. The van der Waals surface area contributed by atoms with Crippen molar-refractivity contribution in [2.45, 2.75) is 38.9 Å². The van der Waals surface area contributed by atoms with Crippen LogP contribution < -0.4 is 10.2 Å². The van der Waals surface area contributed by atoms with Gasteiger partial charge in [-0.25, -0.2) is 9.78 Å². The summed E-state index contributed by atoms with van der Waals surface area (Å²) in [5.41, 5.74) is 2.38. The fourth-order valence-electron chi connectivity index (χ4n) is 3.20. The van der Waals surface area contributed by atoms with Gasteiger partial charge in [-0.05, 0) is 25.0 Å². The van der Waals surface area contributed by atoms with Crippen molar-refractivity contribution in [1.29, 1.82) is 0 Å². The molecule has 0 unspecified atom stereocenters. The summed E-state index contributed by atoms with van der Waals surface area (Å²) in [6.45, 7) is 5.62. The quantitative estimate of drug-likeness (QED) is 0.925. The molecule has 6 heteroatoms. The third-order valence-electron chi connectivity index (χ3n) is 4.53. The minimum Gasteiger partial charge on any atom is -0.372 e. The summed E-state index contributed by atoms with van der Waals surface area (Å²) in [4.78, 5) is 21.4. The number of carbonyl (C=O) groups is 1. The fourth-order valence-corrected chi connectivity index (χ4v) is 3.97. The van der Waals surface area contributed by atoms with Crippen LogP contribution in [0.4, 0.5) is 10.5 Å². The number of thiazole rings is 1. The predicted octanol–water partition coefficient (Wildman–Crippen LogP) is 3.64. The number of hydrogen-bond acceptors (Lipinski definition) is 4. The van der Waals surface area contributed by atoms with Crippen LogP contribution in [0, 0.1) is 0 Å². The summed E-state index contributed by atoms with van der Waals surface area (Å²) >= 11 is 1.59. The van der Waals surface area contributed by atoms with Crippen molar-refractivity contribution in [2.75, 3.05) is 18.5 Å². The van der Waals surface area contributed by atoms with Gasteiger partial charge in [-0.15, -0.1) is 11.3 Å². The Balaban J connectivity index is 1.79. The molecule has 1 aliphatic rings. The maximum Gasteiger partial charge on any atom is 0.318 e. The van der Waals surface area contributed by atoms with E-state index in [-0.39, 0.29) is 18.1 Å². The molecule has 5 nitrogen and oxygen atoms in total. The van der Waals surface area contributed by atoms with Gasteiger partial charge in [0.05, 0.1) is 6.04 Å². The highest BCUT2D eigenvalue weighted by molar-refractivity contribution is 7.09. The minimum atomic E-state index is -0.0269. The third-order valence-corrected chi connectivity index (χ3v) is 5.42. The third kappa shape index (κ3) is 3.38. The SMILES string of the molecule is CC[C@H](NC(=O)N1Cc2ccccc2N(C)C[C@@H]1C)c1nccs1. The molecule has 0 saturated carbocycles. The molecule has 0 aliphatic carbocycles. The second-order valence-corrected chi connectivity index (χ2v) is 7.19. The van der Waals surface area contributed by atoms with Gasteiger partial charge >= 0.3 is 6.03 Å². The lowest BCUT2D eigenvalue weighted by atomic mass is 10.1. The summed E-state index contributed by atoms with van der Waals surface area (Å²) in [6, 6.07) is 8.39. The van der Waals surface area contributed by atoms with Crippen LogP contribution in [0.25, 0.3) is 0 Å². The molecule has 0 fully saturated rings. The normalized spacial score (nSPS) is 18.7. The van der Waals surface area contributed by atoms with Crippen LogP contribution in [-0.2, 0) is 6.54 Å². The molecule has 0 spiro atoms. The van der Waals surface area contributed by atoms with E-state index >= 15 is 0 Å². The first-order valence-electron chi connectivity index (χ1n) is 8.35. The van der Waals surface area contributed by atoms with Crippen LogP contribution in [-0.4, -0.2) is 35.5 Å². The number of likely N-dealkylation sites (N-methyl/N-ethyl adjacent to an activating group) is 1. The van der Waals surface area contributed by atoms with Crippen molar-refractivity contribution >= 4 is 23.1 Å². The maximum atomic E-state index is 12.9. The number of benzene rings is 1. The van der Waals surface area contributed by atoms with Crippen LogP contribution in [0.15, 0.2) is 35.8 Å². The van der Waals surface area contributed by atoms with E-state index in [1.165, 1.54) is 11.3 Å². The zero-order valence-electron chi connectivity index (χ0n) is 14.4. The summed E-state index contributed by atoms with van der Waals surface area (Å²) in [7, 11) is 2.08. The van der Waals surface area contributed by atoms with Gasteiger partial charge in [0.2, 0.25) is 0 Å². The van der Waals surface area contributed by atoms with Crippen molar-refractivity contribution in [3.8, 4) is 0 Å². The van der Waals surface area contributed by atoms with E-state index < -0.39 is 0 Å². The monoisotopic (exact) mass is 344 g/mol. The first kappa shape index (κ1) is 16.8. The molecule has 1 aromatic carbocycles. The van der Waals surface area contributed by atoms with Crippen LogP contribution in [0.5, 0.6) is 0 Å². The molecule has 0 bridgehead atoms. The first-order valence-corrected chi connectivity index (χ1v) is 9.23. The molecule has 2 amide bonds. The standard InChI is InChI=1S/C18H24N4OS/c1-4-15(17-19-9-10-24-17)20-18(23)22-12-14-7-5-6-8-16(14)21(3)11-13(22)2/h5-10,13,15H,4,11-12H2,1-3H3,(H,20,23)/t13-,15-/m0/s1. The molecule has 0 saturated heterocycles. The Morgan fingerprint density at radius 2 is 2.25 bits per heavy atom. The van der Waals surface area contributed by atoms with E-state index in [1.54, 1.807) is 17.5 Å². The lowest BCUT2D eigenvalue weighted by Gasteiger charge is -2.30. The van der Waals surface area contributed by atoms with Crippen LogP contribution >= 0.6 is 11.3 Å². The summed E-state index contributed by atoms with van der Waals surface area (Å²) in [5.74, 6) is 0. The van der Waals surface area contributed by atoms with E-state index in [0.717, 1.165) is 18.0 Å². The maximum absolute atomic E-state index is 12.9. The van der Waals surface area contributed by atoms with Crippen molar-refractivity contribution in [2.24, 2.45) is 0 Å². The number of nitrogens with one attached hydrogen (secondary N) is 1. The van der Waals surface area contributed by atoms with Gasteiger partial charge in [0, 0.05) is 43.4 Å². The summed E-state index contributed by atoms with van der Waals surface area (Å²) in [5, 5.41) is 6.07.